The average molecular weight is 266 g/mol. The Kier molecular flexibility index (Phi) is 5.40. The standard InChI is InChI=1S/C15H26N2O2/c1-4-8-17(10-14-7-5-6-9-18-14)11-15-12(2)16-19-13(15)3/h14H,4-11H2,1-3H3/t14-/m1/s1. The summed E-state index contributed by atoms with van der Waals surface area (Å²) in [4.78, 5) is 2.47. The lowest BCUT2D eigenvalue weighted by Gasteiger charge is -2.29. The molecule has 1 atom stereocenters. The number of aryl methyl sites for hydroxylation is 2. The Morgan fingerprint density at radius 3 is 2.74 bits per heavy atom. The Balaban J connectivity index is 1.95. The van der Waals surface area contributed by atoms with E-state index in [0.29, 0.717) is 6.10 Å². The predicted molar refractivity (Wildman–Crippen MR) is 75.1 cm³/mol. The summed E-state index contributed by atoms with van der Waals surface area (Å²) in [6, 6.07) is 0. The zero-order valence-corrected chi connectivity index (χ0v) is 12.4. The normalized spacial score (nSPS) is 20.1. The molecule has 1 aliphatic heterocycles. The van der Waals surface area contributed by atoms with Crippen LogP contribution >= 0.6 is 0 Å². The van der Waals surface area contributed by atoms with Crippen LogP contribution in [0.25, 0.3) is 0 Å². The van der Waals surface area contributed by atoms with Crippen molar-refractivity contribution in [2.24, 2.45) is 0 Å². The summed E-state index contributed by atoms with van der Waals surface area (Å²) in [6.07, 6.45) is 5.28. The molecular formula is C15H26N2O2. The summed E-state index contributed by atoms with van der Waals surface area (Å²) >= 11 is 0. The molecule has 0 aliphatic carbocycles. The average Bonchev–Trinajstić information content (AvgIpc) is 2.72. The number of nitrogens with zero attached hydrogens (tertiary/aromatic N) is 2. The topological polar surface area (TPSA) is 38.5 Å². The van der Waals surface area contributed by atoms with Gasteiger partial charge in [-0.25, -0.2) is 0 Å². The van der Waals surface area contributed by atoms with Gasteiger partial charge in [0.2, 0.25) is 0 Å². The Hall–Kier alpha value is -0.870. The molecule has 2 rings (SSSR count). The van der Waals surface area contributed by atoms with E-state index in [-0.39, 0.29) is 0 Å². The van der Waals surface area contributed by atoms with Gasteiger partial charge in [0.15, 0.2) is 0 Å². The third-order valence-corrected chi connectivity index (χ3v) is 3.84. The van der Waals surface area contributed by atoms with Crippen LogP contribution in [0.4, 0.5) is 0 Å². The molecular weight excluding hydrogens is 240 g/mol. The zero-order chi connectivity index (χ0) is 13.7. The Bertz CT molecular complexity index is 364. The van der Waals surface area contributed by atoms with E-state index in [9.17, 15) is 0 Å². The van der Waals surface area contributed by atoms with Crippen LogP contribution in [0.1, 0.15) is 49.6 Å². The molecule has 0 bridgehead atoms. The van der Waals surface area contributed by atoms with Crippen LogP contribution in [0.15, 0.2) is 4.52 Å². The van der Waals surface area contributed by atoms with E-state index < -0.39 is 0 Å². The molecule has 4 nitrogen and oxygen atoms in total. The molecule has 0 radical (unpaired) electrons. The molecule has 1 aromatic rings. The second kappa shape index (κ2) is 7.06. The summed E-state index contributed by atoms with van der Waals surface area (Å²) in [7, 11) is 0. The van der Waals surface area contributed by atoms with Crippen molar-refractivity contribution in [3.05, 3.63) is 17.0 Å². The van der Waals surface area contributed by atoms with E-state index in [1.54, 1.807) is 0 Å². The van der Waals surface area contributed by atoms with Gasteiger partial charge in [0.1, 0.15) is 5.76 Å². The molecule has 19 heavy (non-hydrogen) atoms. The maximum absolute atomic E-state index is 5.85. The lowest BCUT2D eigenvalue weighted by atomic mass is 10.1. The summed E-state index contributed by atoms with van der Waals surface area (Å²) in [5.41, 5.74) is 2.26. The van der Waals surface area contributed by atoms with Crippen molar-refractivity contribution >= 4 is 0 Å². The first kappa shape index (κ1) is 14.5. The summed E-state index contributed by atoms with van der Waals surface area (Å²) in [6.45, 7) is 10.2. The van der Waals surface area contributed by atoms with Gasteiger partial charge < -0.3 is 9.26 Å². The van der Waals surface area contributed by atoms with Crippen LogP contribution in [-0.2, 0) is 11.3 Å². The third kappa shape index (κ3) is 4.05. The van der Waals surface area contributed by atoms with Gasteiger partial charge in [-0.3, -0.25) is 4.90 Å². The van der Waals surface area contributed by atoms with Gasteiger partial charge >= 0.3 is 0 Å². The van der Waals surface area contributed by atoms with Crippen molar-refractivity contribution in [2.45, 2.75) is 59.1 Å². The molecule has 0 aromatic carbocycles. The summed E-state index contributed by atoms with van der Waals surface area (Å²) in [5.74, 6) is 0.947. The van der Waals surface area contributed by atoms with Crippen molar-refractivity contribution in [3.8, 4) is 0 Å². The minimum Gasteiger partial charge on any atom is -0.377 e. The Morgan fingerprint density at radius 1 is 1.32 bits per heavy atom. The molecule has 2 heterocycles. The predicted octanol–water partition coefficient (Wildman–Crippen LogP) is 3.07. The molecule has 1 saturated heterocycles. The van der Waals surface area contributed by atoms with Crippen molar-refractivity contribution in [1.82, 2.24) is 10.1 Å². The van der Waals surface area contributed by atoms with Gasteiger partial charge in [0.05, 0.1) is 11.8 Å². The largest absolute Gasteiger partial charge is 0.377 e. The SMILES string of the molecule is CCCN(Cc1c(C)noc1C)C[C@H]1CCCCO1. The smallest absolute Gasteiger partial charge is 0.138 e. The van der Waals surface area contributed by atoms with Crippen LogP contribution in [0.2, 0.25) is 0 Å². The Labute approximate surface area is 116 Å². The van der Waals surface area contributed by atoms with E-state index in [1.165, 1.54) is 24.8 Å². The van der Waals surface area contributed by atoms with Gasteiger partial charge in [-0.1, -0.05) is 12.1 Å². The van der Waals surface area contributed by atoms with Crippen molar-refractivity contribution in [1.29, 1.82) is 0 Å². The molecule has 1 fully saturated rings. The van der Waals surface area contributed by atoms with Crippen LogP contribution in [-0.4, -0.2) is 35.9 Å². The number of rotatable bonds is 6. The van der Waals surface area contributed by atoms with Crippen LogP contribution in [0.3, 0.4) is 0 Å². The number of hydrogen-bond acceptors (Lipinski definition) is 4. The highest BCUT2D eigenvalue weighted by Crippen LogP contribution is 2.18. The van der Waals surface area contributed by atoms with Gasteiger partial charge in [0.25, 0.3) is 0 Å². The maximum Gasteiger partial charge on any atom is 0.138 e. The molecule has 0 saturated carbocycles. The molecule has 0 N–H and O–H groups in total. The van der Waals surface area contributed by atoms with Gasteiger partial charge in [-0.05, 0) is 46.1 Å². The van der Waals surface area contributed by atoms with Crippen molar-refractivity contribution in [2.75, 3.05) is 19.7 Å². The minimum atomic E-state index is 0.403. The van der Waals surface area contributed by atoms with Crippen molar-refractivity contribution in [3.63, 3.8) is 0 Å². The molecule has 4 heteroatoms. The second-order valence-electron chi connectivity index (χ2n) is 5.53. The van der Waals surface area contributed by atoms with Crippen molar-refractivity contribution < 1.29 is 9.26 Å². The molecule has 1 aliphatic rings. The Morgan fingerprint density at radius 2 is 2.16 bits per heavy atom. The van der Waals surface area contributed by atoms with E-state index >= 15 is 0 Å². The molecule has 0 amide bonds. The second-order valence-corrected chi connectivity index (χ2v) is 5.53. The first-order chi connectivity index (χ1) is 9.20. The van der Waals surface area contributed by atoms with E-state index in [4.69, 9.17) is 9.26 Å². The quantitative estimate of drug-likeness (QED) is 0.793. The van der Waals surface area contributed by atoms with Gasteiger partial charge in [-0.2, -0.15) is 0 Å². The zero-order valence-electron chi connectivity index (χ0n) is 12.4. The fourth-order valence-corrected chi connectivity index (χ4v) is 2.74. The first-order valence-electron chi connectivity index (χ1n) is 7.46. The molecule has 0 unspecified atom stereocenters. The highest BCUT2D eigenvalue weighted by Gasteiger charge is 2.19. The number of ether oxygens (including phenoxy) is 1. The maximum atomic E-state index is 5.85. The highest BCUT2D eigenvalue weighted by molar-refractivity contribution is 5.20. The van der Waals surface area contributed by atoms with Gasteiger partial charge in [0, 0.05) is 25.3 Å². The van der Waals surface area contributed by atoms with Crippen LogP contribution < -0.4 is 0 Å². The summed E-state index contributed by atoms with van der Waals surface area (Å²) < 4.78 is 11.1. The highest BCUT2D eigenvalue weighted by atomic mass is 16.5. The van der Waals surface area contributed by atoms with Crippen LogP contribution in [0, 0.1) is 13.8 Å². The fraction of sp³-hybridized carbons (Fsp3) is 0.800. The van der Waals surface area contributed by atoms with Gasteiger partial charge in [-0.15, -0.1) is 0 Å². The van der Waals surface area contributed by atoms with E-state index in [0.717, 1.165) is 44.1 Å². The van der Waals surface area contributed by atoms with Crippen LogP contribution in [0.5, 0.6) is 0 Å². The third-order valence-electron chi connectivity index (χ3n) is 3.84. The number of aromatic nitrogens is 1. The summed E-state index contributed by atoms with van der Waals surface area (Å²) in [5, 5.41) is 4.04. The number of hydrogen-bond donors (Lipinski definition) is 0. The monoisotopic (exact) mass is 266 g/mol. The molecule has 1 aromatic heterocycles. The first-order valence-corrected chi connectivity index (χ1v) is 7.46. The minimum absolute atomic E-state index is 0.403. The molecule has 0 spiro atoms. The fourth-order valence-electron chi connectivity index (χ4n) is 2.74. The van der Waals surface area contributed by atoms with E-state index in [1.807, 2.05) is 13.8 Å². The molecule has 108 valence electrons. The van der Waals surface area contributed by atoms with E-state index in [2.05, 4.69) is 17.0 Å². The lowest BCUT2D eigenvalue weighted by molar-refractivity contribution is -0.00722. The lowest BCUT2D eigenvalue weighted by Crippen LogP contribution is -2.36.